The molecular formula is C15H20O3. The van der Waals surface area contributed by atoms with E-state index in [1.807, 2.05) is 30.3 Å². The fourth-order valence-electron chi connectivity index (χ4n) is 1.45. The van der Waals surface area contributed by atoms with Crippen molar-refractivity contribution in [1.29, 1.82) is 0 Å². The van der Waals surface area contributed by atoms with Crippen molar-refractivity contribution in [3.05, 3.63) is 41.5 Å². The van der Waals surface area contributed by atoms with Crippen LogP contribution in [0.5, 0.6) is 0 Å². The van der Waals surface area contributed by atoms with E-state index in [0.717, 1.165) is 5.56 Å². The molecule has 1 aromatic carbocycles. The van der Waals surface area contributed by atoms with Crippen LogP contribution in [0.3, 0.4) is 0 Å². The first kappa shape index (κ1) is 14.5. The summed E-state index contributed by atoms with van der Waals surface area (Å²) in [5.41, 5.74) is 1.50. The molecule has 1 aromatic rings. The molecule has 98 valence electrons. The van der Waals surface area contributed by atoms with E-state index in [9.17, 15) is 4.79 Å². The summed E-state index contributed by atoms with van der Waals surface area (Å²) >= 11 is 0. The fraction of sp³-hybridized carbons (Fsp3) is 0.400. The van der Waals surface area contributed by atoms with E-state index in [-0.39, 0.29) is 12.6 Å². The minimum atomic E-state index is -0.345. The third-order valence-electron chi connectivity index (χ3n) is 2.30. The monoisotopic (exact) mass is 248 g/mol. The van der Waals surface area contributed by atoms with Gasteiger partial charge in [0, 0.05) is 6.61 Å². The van der Waals surface area contributed by atoms with E-state index in [2.05, 4.69) is 13.8 Å². The van der Waals surface area contributed by atoms with Crippen LogP contribution in [-0.4, -0.2) is 26.3 Å². The molecule has 0 amide bonds. The van der Waals surface area contributed by atoms with Gasteiger partial charge in [0.1, 0.15) is 0 Å². The second-order valence-electron chi connectivity index (χ2n) is 4.48. The van der Waals surface area contributed by atoms with E-state index in [4.69, 9.17) is 9.47 Å². The molecule has 3 nitrogen and oxygen atoms in total. The highest BCUT2D eigenvalue weighted by molar-refractivity contribution is 5.93. The van der Waals surface area contributed by atoms with Crippen molar-refractivity contribution in [3.8, 4) is 0 Å². The Morgan fingerprint density at radius 3 is 2.50 bits per heavy atom. The van der Waals surface area contributed by atoms with E-state index < -0.39 is 0 Å². The molecule has 3 heteroatoms. The Labute approximate surface area is 108 Å². The molecular weight excluding hydrogens is 228 g/mol. The summed E-state index contributed by atoms with van der Waals surface area (Å²) in [6.07, 6.45) is 1.80. The summed E-state index contributed by atoms with van der Waals surface area (Å²) in [5.74, 6) is 0.100. The lowest BCUT2D eigenvalue weighted by molar-refractivity contribution is -0.136. The number of hydrogen-bond donors (Lipinski definition) is 0. The summed E-state index contributed by atoms with van der Waals surface area (Å²) < 4.78 is 10.2. The van der Waals surface area contributed by atoms with Gasteiger partial charge in [0.15, 0.2) is 0 Å². The maximum Gasteiger partial charge on any atom is 0.336 e. The molecule has 0 fully saturated rings. The Balaban J connectivity index is 2.72. The maximum absolute atomic E-state index is 11.6. The summed E-state index contributed by atoms with van der Waals surface area (Å²) in [6, 6.07) is 9.66. The topological polar surface area (TPSA) is 35.5 Å². The molecule has 0 atom stereocenters. The Morgan fingerprint density at radius 2 is 1.94 bits per heavy atom. The Morgan fingerprint density at radius 1 is 1.28 bits per heavy atom. The third-order valence-corrected chi connectivity index (χ3v) is 2.30. The number of hydrogen-bond acceptors (Lipinski definition) is 3. The number of carbonyl (C=O) groups is 1. The first-order valence-electron chi connectivity index (χ1n) is 6.05. The van der Waals surface area contributed by atoms with Crippen molar-refractivity contribution in [3.63, 3.8) is 0 Å². The van der Waals surface area contributed by atoms with E-state index >= 15 is 0 Å². The number of benzene rings is 1. The Hall–Kier alpha value is -1.61. The van der Waals surface area contributed by atoms with Gasteiger partial charge in [-0.05, 0) is 17.6 Å². The van der Waals surface area contributed by atoms with Crippen molar-refractivity contribution in [2.45, 2.75) is 13.8 Å². The molecule has 0 aliphatic rings. The van der Waals surface area contributed by atoms with Crippen molar-refractivity contribution in [2.24, 2.45) is 5.92 Å². The molecule has 18 heavy (non-hydrogen) atoms. The van der Waals surface area contributed by atoms with Gasteiger partial charge in [-0.15, -0.1) is 0 Å². The molecule has 0 N–H and O–H groups in total. The highest BCUT2D eigenvalue weighted by atomic mass is 16.5. The van der Waals surface area contributed by atoms with Crippen LogP contribution in [-0.2, 0) is 14.3 Å². The van der Waals surface area contributed by atoms with Gasteiger partial charge < -0.3 is 9.47 Å². The maximum atomic E-state index is 11.6. The standard InChI is InChI=1S/C15H20O3/c1-12(2)10-18-11-14(15(16)17-3)9-13-7-5-4-6-8-13/h4-9,12H,10-11H2,1-3H3. The molecule has 0 bridgehead atoms. The number of ether oxygens (including phenoxy) is 2. The van der Waals surface area contributed by atoms with Crippen LogP contribution < -0.4 is 0 Å². The van der Waals surface area contributed by atoms with Crippen LogP contribution in [0, 0.1) is 5.92 Å². The van der Waals surface area contributed by atoms with Crippen molar-refractivity contribution >= 4 is 12.0 Å². The zero-order valence-corrected chi connectivity index (χ0v) is 11.2. The largest absolute Gasteiger partial charge is 0.466 e. The summed E-state index contributed by atoms with van der Waals surface area (Å²) in [5, 5.41) is 0. The number of rotatable bonds is 6. The lowest BCUT2D eigenvalue weighted by atomic mass is 10.1. The SMILES string of the molecule is COC(=O)C(=Cc1ccccc1)COCC(C)C. The number of carbonyl (C=O) groups excluding carboxylic acids is 1. The number of methoxy groups -OCH3 is 1. The average molecular weight is 248 g/mol. The van der Waals surface area contributed by atoms with Gasteiger partial charge in [-0.2, -0.15) is 0 Å². The van der Waals surface area contributed by atoms with Gasteiger partial charge in [-0.3, -0.25) is 0 Å². The molecule has 0 saturated heterocycles. The van der Waals surface area contributed by atoms with E-state index in [1.54, 1.807) is 6.08 Å². The van der Waals surface area contributed by atoms with Crippen LogP contribution in [0.15, 0.2) is 35.9 Å². The molecule has 0 aromatic heterocycles. The lowest BCUT2D eigenvalue weighted by Gasteiger charge is -2.09. The molecule has 0 aliphatic heterocycles. The third kappa shape index (κ3) is 5.15. The highest BCUT2D eigenvalue weighted by Crippen LogP contribution is 2.09. The first-order valence-corrected chi connectivity index (χ1v) is 6.05. The van der Waals surface area contributed by atoms with Gasteiger partial charge >= 0.3 is 5.97 Å². The van der Waals surface area contributed by atoms with Gasteiger partial charge in [-0.25, -0.2) is 4.79 Å². The molecule has 0 saturated carbocycles. The van der Waals surface area contributed by atoms with Crippen molar-refractivity contribution in [2.75, 3.05) is 20.3 Å². The van der Waals surface area contributed by atoms with Crippen molar-refractivity contribution in [1.82, 2.24) is 0 Å². The zero-order chi connectivity index (χ0) is 13.4. The van der Waals surface area contributed by atoms with Gasteiger partial charge in [0.25, 0.3) is 0 Å². The smallest absolute Gasteiger partial charge is 0.336 e. The lowest BCUT2D eigenvalue weighted by Crippen LogP contribution is -2.13. The van der Waals surface area contributed by atoms with Crippen LogP contribution in [0.4, 0.5) is 0 Å². The molecule has 1 rings (SSSR count). The fourth-order valence-corrected chi connectivity index (χ4v) is 1.45. The zero-order valence-electron chi connectivity index (χ0n) is 11.2. The van der Waals surface area contributed by atoms with Crippen LogP contribution in [0.25, 0.3) is 6.08 Å². The second-order valence-corrected chi connectivity index (χ2v) is 4.48. The molecule has 0 unspecified atom stereocenters. The predicted octanol–water partition coefficient (Wildman–Crippen LogP) is 2.92. The van der Waals surface area contributed by atoms with E-state index in [1.165, 1.54) is 7.11 Å². The molecule has 0 aliphatic carbocycles. The van der Waals surface area contributed by atoms with Gasteiger partial charge in [0.2, 0.25) is 0 Å². The van der Waals surface area contributed by atoms with Crippen LogP contribution in [0.1, 0.15) is 19.4 Å². The van der Waals surface area contributed by atoms with Gasteiger partial charge in [0.05, 0.1) is 19.3 Å². The van der Waals surface area contributed by atoms with Gasteiger partial charge in [-0.1, -0.05) is 44.2 Å². The minimum Gasteiger partial charge on any atom is -0.466 e. The number of esters is 1. The predicted molar refractivity (Wildman–Crippen MR) is 72.1 cm³/mol. The Kier molecular flexibility index (Phi) is 6.15. The average Bonchev–Trinajstić information content (AvgIpc) is 2.37. The van der Waals surface area contributed by atoms with E-state index in [0.29, 0.717) is 18.1 Å². The Bertz CT molecular complexity index is 393. The minimum absolute atomic E-state index is 0.278. The summed E-state index contributed by atoms with van der Waals surface area (Å²) in [7, 11) is 1.38. The normalized spacial score (nSPS) is 11.7. The van der Waals surface area contributed by atoms with Crippen LogP contribution in [0.2, 0.25) is 0 Å². The molecule has 0 heterocycles. The molecule has 0 spiro atoms. The second kappa shape index (κ2) is 7.67. The van der Waals surface area contributed by atoms with Crippen molar-refractivity contribution < 1.29 is 14.3 Å². The molecule has 0 radical (unpaired) electrons. The van der Waals surface area contributed by atoms with Crippen LogP contribution >= 0.6 is 0 Å². The highest BCUT2D eigenvalue weighted by Gasteiger charge is 2.10. The summed E-state index contributed by atoms with van der Waals surface area (Å²) in [4.78, 5) is 11.6. The quantitative estimate of drug-likeness (QED) is 0.573. The first-order chi connectivity index (χ1) is 8.63. The summed E-state index contributed by atoms with van der Waals surface area (Å²) in [6.45, 7) is 5.04.